The topological polar surface area (TPSA) is 12.0 Å². The molecule has 0 radical (unpaired) electrons. The Kier molecular flexibility index (Phi) is 5.14. The first-order valence-electron chi connectivity index (χ1n) is 7.10. The average Bonchev–Trinajstić information content (AvgIpc) is 2.11. The maximum Gasteiger partial charge on any atom is 0.123 e. The summed E-state index contributed by atoms with van der Waals surface area (Å²) in [5.41, 5.74) is 1.44. The molecule has 0 aliphatic heterocycles. The van der Waals surface area contributed by atoms with Gasteiger partial charge in [-0.25, -0.2) is 4.39 Å². The first-order valence-corrected chi connectivity index (χ1v) is 7.10. The molecule has 0 fully saturated rings. The van der Waals surface area contributed by atoms with Gasteiger partial charge in [-0.2, -0.15) is 0 Å². The molecule has 1 nitrogen and oxygen atoms in total. The quantitative estimate of drug-likeness (QED) is 0.823. The van der Waals surface area contributed by atoms with E-state index < -0.39 is 0 Å². The van der Waals surface area contributed by atoms with Gasteiger partial charge in [0.15, 0.2) is 0 Å². The van der Waals surface area contributed by atoms with E-state index in [1.54, 1.807) is 12.1 Å². The van der Waals surface area contributed by atoms with Crippen LogP contribution >= 0.6 is 0 Å². The molecule has 1 atom stereocenters. The van der Waals surface area contributed by atoms with Crippen molar-refractivity contribution < 1.29 is 4.39 Å². The van der Waals surface area contributed by atoms with Gasteiger partial charge in [-0.1, -0.05) is 32.9 Å². The Bertz CT molecular complexity index is 404. The van der Waals surface area contributed by atoms with E-state index in [4.69, 9.17) is 0 Å². The van der Waals surface area contributed by atoms with Crippen molar-refractivity contribution in [2.75, 3.05) is 0 Å². The lowest BCUT2D eigenvalue weighted by Crippen LogP contribution is -2.47. The van der Waals surface area contributed by atoms with Gasteiger partial charge in [0.2, 0.25) is 0 Å². The third kappa shape index (κ3) is 6.72. The van der Waals surface area contributed by atoms with Gasteiger partial charge in [-0.05, 0) is 56.7 Å². The summed E-state index contributed by atoms with van der Waals surface area (Å²) in [6.07, 6.45) is 1.96. The summed E-state index contributed by atoms with van der Waals surface area (Å²) >= 11 is 0. The monoisotopic (exact) mass is 265 g/mol. The fraction of sp³-hybridized carbons (Fsp3) is 0.647. The average molecular weight is 265 g/mol. The summed E-state index contributed by atoms with van der Waals surface area (Å²) in [5, 5.41) is 3.66. The Morgan fingerprint density at radius 1 is 1.16 bits per heavy atom. The van der Waals surface area contributed by atoms with Crippen LogP contribution in [-0.2, 0) is 6.42 Å². The molecule has 0 saturated carbocycles. The molecule has 0 aromatic heterocycles. The highest BCUT2D eigenvalue weighted by Gasteiger charge is 2.26. The van der Waals surface area contributed by atoms with E-state index in [9.17, 15) is 4.39 Å². The molecule has 108 valence electrons. The highest BCUT2D eigenvalue weighted by molar-refractivity contribution is 5.17. The van der Waals surface area contributed by atoms with Gasteiger partial charge in [0.1, 0.15) is 5.82 Å². The van der Waals surface area contributed by atoms with Gasteiger partial charge >= 0.3 is 0 Å². The van der Waals surface area contributed by atoms with Crippen LogP contribution in [0.15, 0.2) is 24.3 Å². The van der Waals surface area contributed by atoms with Crippen LogP contribution < -0.4 is 5.32 Å². The number of nitrogens with one attached hydrogen (secondary N) is 1. The van der Waals surface area contributed by atoms with Crippen molar-refractivity contribution in [2.45, 2.75) is 66.0 Å². The van der Waals surface area contributed by atoms with Crippen molar-refractivity contribution in [3.05, 3.63) is 35.6 Å². The predicted octanol–water partition coefficient (Wildman–Crippen LogP) is 4.56. The SMILES string of the molecule is CC(Cc1cccc(F)c1)NC(C)(C)CC(C)(C)C. The van der Waals surface area contributed by atoms with Crippen molar-refractivity contribution in [3.8, 4) is 0 Å². The predicted molar refractivity (Wildman–Crippen MR) is 80.9 cm³/mol. The van der Waals surface area contributed by atoms with Crippen LogP contribution in [0.2, 0.25) is 0 Å². The van der Waals surface area contributed by atoms with Gasteiger partial charge in [0.05, 0.1) is 0 Å². The van der Waals surface area contributed by atoms with Crippen molar-refractivity contribution in [3.63, 3.8) is 0 Å². The molecule has 1 N–H and O–H groups in total. The number of rotatable bonds is 5. The highest BCUT2D eigenvalue weighted by Crippen LogP contribution is 2.27. The van der Waals surface area contributed by atoms with Crippen molar-refractivity contribution in [1.82, 2.24) is 5.32 Å². The van der Waals surface area contributed by atoms with Gasteiger partial charge in [0, 0.05) is 11.6 Å². The molecule has 0 aliphatic rings. The van der Waals surface area contributed by atoms with E-state index in [1.165, 1.54) is 6.07 Å². The first-order chi connectivity index (χ1) is 8.57. The van der Waals surface area contributed by atoms with Gasteiger partial charge < -0.3 is 5.32 Å². The summed E-state index contributed by atoms with van der Waals surface area (Å²) < 4.78 is 13.2. The summed E-state index contributed by atoms with van der Waals surface area (Å²) in [6, 6.07) is 7.20. The Balaban J connectivity index is 2.57. The van der Waals surface area contributed by atoms with Crippen LogP contribution in [0, 0.1) is 11.2 Å². The Hall–Kier alpha value is -0.890. The van der Waals surface area contributed by atoms with Crippen LogP contribution in [-0.4, -0.2) is 11.6 Å². The third-order valence-corrected chi connectivity index (χ3v) is 3.04. The molecule has 2 heteroatoms. The van der Waals surface area contributed by atoms with Crippen LogP contribution in [0.3, 0.4) is 0 Å². The van der Waals surface area contributed by atoms with Gasteiger partial charge in [-0.3, -0.25) is 0 Å². The molecule has 1 rings (SSSR count). The molecular weight excluding hydrogens is 237 g/mol. The zero-order valence-electron chi connectivity index (χ0n) is 13.2. The lowest BCUT2D eigenvalue weighted by atomic mass is 9.81. The number of benzene rings is 1. The van der Waals surface area contributed by atoms with Crippen molar-refractivity contribution >= 4 is 0 Å². The molecular formula is C17H28FN. The largest absolute Gasteiger partial charge is 0.309 e. The van der Waals surface area contributed by atoms with E-state index >= 15 is 0 Å². The van der Waals surface area contributed by atoms with E-state index in [-0.39, 0.29) is 11.4 Å². The van der Waals surface area contributed by atoms with Crippen LogP contribution in [0.4, 0.5) is 4.39 Å². The Morgan fingerprint density at radius 2 is 1.79 bits per heavy atom. The van der Waals surface area contributed by atoms with E-state index in [2.05, 4.69) is 46.9 Å². The van der Waals surface area contributed by atoms with E-state index in [1.807, 2.05) is 6.07 Å². The van der Waals surface area contributed by atoms with E-state index in [0.717, 1.165) is 18.4 Å². The van der Waals surface area contributed by atoms with Crippen LogP contribution in [0.1, 0.15) is 53.5 Å². The molecule has 1 aromatic rings. The van der Waals surface area contributed by atoms with Crippen molar-refractivity contribution in [1.29, 1.82) is 0 Å². The number of hydrogen-bond acceptors (Lipinski definition) is 1. The summed E-state index contributed by atoms with van der Waals surface area (Å²) in [7, 11) is 0. The molecule has 19 heavy (non-hydrogen) atoms. The molecule has 1 unspecified atom stereocenters. The standard InChI is InChI=1S/C17H28FN/c1-13(10-14-8-7-9-15(18)11-14)19-17(5,6)12-16(2,3)4/h7-9,11,13,19H,10,12H2,1-6H3. The molecule has 0 spiro atoms. The van der Waals surface area contributed by atoms with Crippen LogP contribution in [0.5, 0.6) is 0 Å². The fourth-order valence-electron chi connectivity index (χ4n) is 3.11. The summed E-state index contributed by atoms with van der Waals surface area (Å²) in [5.74, 6) is -0.154. The number of halogens is 1. The first kappa shape index (κ1) is 16.2. The smallest absolute Gasteiger partial charge is 0.123 e. The Labute approximate surface area is 117 Å². The number of hydrogen-bond donors (Lipinski definition) is 1. The van der Waals surface area contributed by atoms with Crippen LogP contribution in [0.25, 0.3) is 0 Å². The molecule has 0 saturated heterocycles. The van der Waals surface area contributed by atoms with Gasteiger partial charge in [-0.15, -0.1) is 0 Å². The second kappa shape index (κ2) is 6.04. The van der Waals surface area contributed by atoms with Gasteiger partial charge in [0.25, 0.3) is 0 Å². The van der Waals surface area contributed by atoms with Crippen molar-refractivity contribution in [2.24, 2.45) is 5.41 Å². The molecule has 0 amide bonds. The Morgan fingerprint density at radius 3 is 2.32 bits per heavy atom. The maximum absolute atomic E-state index is 13.2. The molecule has 0 bridgehead atoms. The minimum atomic E-state index is -0.154. The second-order valence-corrected chi connectivity index (χ2v) is 7.50. The zero-order valence-corrected chi connectivity index (χ0v) is 13.2. The summed E-state index contributed by atoms with van der Waals surface area (Å²) in [4.78, 5) is 0. The normalized spacial score (nSPS) is 14.5. The summed E-state index contributed by atoms with van der Waals surface area (Å²) in [6.45, 7) is 13.4. The minimum Gasteiger partial charge on any atom is -0.309 e. The maximum atomic E-state index is 13.2. The lowest BCUT2D eigenvalue weighted by Gasteiger charge is -2.36. The minimum absolute atomic E-state index is 0.0883. The fourth-order valence-corrected chi connectivity index (χ4v) is 3.11. The zero-order chi connectivity index (χ0) is 14.7. The highest BCUT2D eigenvalue weighted by atomic mass is 19.1. The third-order valence-electron chi connectivity index (χ3n) is 3.04. The molecule has 1 aromatic carbocycles. The van der Waals surface area contributed by atoms with E-state index in [0.29, 0.717) is 11.5 Å². The lowest BCUT2D eigenvalue weighted by molar-refractivity contribution is 0.226. The second-order valence-electron chi connectivity index (χ2n) is 7.50. The molecule has 0 aliphatic carbocycles. The molecule has 0 heterocycles.